The Morgan fingerprint density at radius 2 is 1.82 bits per heavy atom. The van der Waals surface area contributed by atoms with Gasteiger partial charge in [-0.25, -0.2) is 0 Å². The summed E-state index contributed by atoms with van der Waals surface area (Å²) in [6.45, 7) is 9.58. The van der Waals surface area contributed by atoms with Crippen LogP contribution in [0.3, 0.4) is 0 Å². The van der Waals surface area contributed by atoms with Crippen molar-refractivity contribution in [2.45, 2.75) is 6.92 Å². The third-order valence-electron chi connectivity index (χ3n) is 1.67. The van der Waals surface area contributed by atoms with E-state index in [1.807, 2.05) is 0 Å². The number of hydrogen-bond acceptors (Lipinski definition) is 0. The van der Waals surface area contributed by atoms with E-state index in [1.165, 1.54) is 5.56 Å². The number of allylic oxidation sites excluding steroid dienone is 2. The van der Waals surface area contributed by atoms with Crippen LogP contribution >= 0.6 is 0 Å². The quantitative estimate of drug-likeness (QED) is 0.559. The molecule has 0 amide bonds. The largest absolute Gasteiger partial charge is 0.0985 e. The van der Waals surface area contributed by atoms with E-state index in [-0.39, 0.29) is 0 Å². The van der Waals surface area contributed by atoms with E-state index < -0.39 is 0 Å². The van der Waals surface area contributed by atoms with Gasteiger partial charge in [-0.1, -0.05) is 49.1 Å². The Balaban J connectivity index is 2.98. The molecule has 0 heteroatoms. The fraction of sp³-hybridized carbons (Fsp3) is 0.0909. The van der Waals surface area contributed by atoms with Gasteiger partial charge in [0.2, 0.25) is 0 Å². The van der Waals surface area contributed by atoms with Gasteiger partial charge in [0.15, 0.2) is 0 Å². The second-order valence-corrected chi connectivity index (χ2v) is 2.60. The first-order chi connectivity index (χ1) is 5.24. The van der Waals surface area contributed by atoms with Crippen LogP contribution in [0.2, 0.25) is 0 Å². The predicted octanol–water partition coefficient (Wildman–Crippen LogP) is 3.19. The van der Waals surface area contributed by atoms with Crippen LogP contribution in [-0.4, -0.2) is 0 Å². The summed E-state index contributed by atoms with van der Waals surface area (Å²) in [5.41, 5.74) is 3.39. The molecule has 0 atom stereocenters. The maximum atomic E-state index is 3.86. The summed E-state index contributed by atoms with van der Waals surface area (Å²) in [5, 5.41) is 0. The molecule has 0 unspecified atom stereocenters. The molecule has 0 N–H and O–H groups in total. The van der Waals surface area contributed by atoms with E-state index in [0.29, 0.717) is 0 Å². The minimum Gasteiger partial charge on any atom is -0.0985 e. The highest BCUT2D eigenvalue weighted by Crippen LogP contribution is 2.12. The molecule has 56 valence electrons. The highest BCUT2D eigenvalue weighted by molar-refractivity contribution is 5.71. The highest BCUT2D eigenvalue weighted by atomic mass is 14.0. The second kappa shape index (κ2) is 3.20. The lowest BCUT2D eigenvalue weighted by atomic mass is 10.1. The van der Waals surface area contributed by atoms with Crippen LogP contribution in [0.4, 0.5) is 0 Å². The maximum absolute atomic E-state index is 3.86. The molecule has 0 radical (unpaired) electrons. The molecule has 0 spiro atoms. The fourth-order valence-corrected chi connectivity index (χ4v) is 0.885. The van der Waals surface area contributed by atoms with Gasteiger partial charge in [-0.3, -0.25) is 0 Å². The lowest BCUT2D eigenvalue weighted by molar-refractivity contribution is 1.46. The van der Waals surface area contributed by atoms with Crippen molar-refractivity contribution in [3.05, 3.63) is 54.6 Å². The Bertz CT molecular complexity index is 265. The molecule has 0 nitrogen and oxygen atoms in total. The normalized spacial score (nSPS) is 9.18. The Kier molecular flexibility index (Phi) is 2.27. The van der Waals surface area contributed by atoms with Gasteiger partial charge in [-0.15, -0.1) is 0 Å². The van der Waals surface area contributed by atoms with Crippen molar-refractivity contribution < 1.29 is 0 Å². The number of benzene rings is 1. The third kappa shape index (κ3) is 1.81. The zero-order valence-electron chi connectivity index (χ0n) is 6.80. The summed E-state index contributed by atoms with van der Waals surface area (Å²) in [6, 6.07) is 8.26. The Morgan fingerprint density at radius 1 is 1.27 bits per heavy atom. The molecule has 0 heterocycles. The molecule has 0 aliphatic carbocycles. The number of hydrogen-bond donors (Lipinski definition) is 0. The van der Waals surface area contributed by atoms with Crippen LogP contribution < -0.4 is 0 Å². The van der Waals surface area contributed by atoms with E-state index in [4.69, 9.17) is 0 Å². The average Bonchev–Trinajstić information content (AvgIpc) is 2.05. The van der Waals surface area contributed by atoms with E-state index in [0.717, 1.165) is 11.1 Å². The molecule has 0 aromatic heterocycles. The molecule has 0 saturated heterocycles. The molecule has 1 rings (SSSR count). The summed E-state index contributed by atoms with van der Waals surface area (Å²) in [7, 11) is 0. The summed E-state index contributed by atoms with van der Waals surface area (Å²) < 4.78 is 0. The Morgan fingerprint density at radius 3 is 2.27 bits per heavy atom. The van der Waals surface area contributed by atoms with Crippen molar-refractivity contribution in [3.63, 3.8) is 0 Å². The summed E-state index contributed by atoms with van der Waals surface area (Å²) in [4.78, 5) is 0. The van der Waals surface area contributed by atoms with Gasteiger partial charge in [0.25, 0.3) is 0 Å². The summed E-state index contributed by atoms with van der Waals surface area (Å²) in [5.74, 6) is 0. The van der Waals surface area contributed by atoms with E-state index in [9.17, 15) is 0 Å². The van der Waals surface area contributed by atoms with Crippen molar-refractivity contribution in [3.8, 4) is 0 Å². The summed E-state index contributed by atoms with van der Waals surface area (Å²) in [6.07, 6.45) is 1.77. The predicted molar refractivity (Wildman–Crippen MR) is 50.4 cm³/mol. The topological polar surface area (TPSA) is 0 Å². The third-order valence-corrected chi connectivity index (χ3v) is 1.67. The molecule has 1 aromatic carbocycles. The van der Waals surface area contributed by atoms with Crippen LogP contribution in [0.1, 0.15) is 11.1 Å². The van der Waals surface area contributed by atoms with E-state index in [1.54, 1.807) is 6.08 Å². The van der Waals surface area contributed by atoms with Crippen LogP contribution in [-0.2, 0) is 0 Å². The Hall–Kier alpha value is -1.30. The molecule has 0 saturated carbocycles. The van der Waals surface area contributed by atoms with Crippen molar-refractivity contribution in [2.75, 3.05) is 0 Å². The zero-order chi connectivity index (χ0) is 8.27. The smallest absolute Gasteiger partial charge is 0.0190 e. The van der Waals surface area contributed by atoms with Gasteiger partial charge < -0.3 is 0 Å². The molecule has 0 aliphatic heterocycles. The molecular formula is C11H12. The molecule has 11 heavy (non-hydrogen) atoms. The van der Waals surface area contributed by atoms with Gasteiger partial charge in [-0.05, 0) is 18.1 Å². The van der Waals surface area contributed by atoms with Gasteiger partial charge in [0.1, 0.15) is 0 Å². The standard InChI is InChI=1S/C11H12/c1-4-10(3)11-7-5-9(2)6-8-11/h4-8H,1,3H2,2H3. The molecule has 1 aromatic rings. The number of rotatable bonds is 2. The molecule has 0 bridgehead atoms. The second-order valence-electron chi connectivity index (χ2n) is 2.60. The lowest BCUT2D eigenvalue weighted by Gasteiger charge is -1.99. The molecule has 0 fully saturated rings. The van der Waals surface area contributed by atoms with Crippen LogP contribution in [0, 0.1) is 6.92 Å². The van der Waals surface area contributed by atoms with Crippen molar-refractivity contribution in [1.29, 1.82) is 0 Å². The summed E-state index contributed by atoms with van der Waals surface area (Å²) >= 11 is 0. The fourth-order valence-electron chi connectivity index (χ4n) is 0.885. The first-order valence-electron chi connectivity index (χ1n) is 3.62. The lowest BCUT2D eigenvalue weighted by Crippen LogP contribution is -1.78. The van der Waals surface area contributed by atoms with Gasteiger partial charge >= 0.3 is 0 Å². The maximum Gasteiger partial charge on any atom is -0.0190 e. The highest BCUT2D eigenvalue weighted by Gasteiger charge is 1.91. The first-order valence-corrected chi connectivity index (χ1v) is 3.62. The zero-order valence-corrected chi connectivity index (χ0v) is 6.80. The van der Waals surface area contributed by atoms with E-state index >= 15 is 0 Å². The monoisotopic (exact) mass is 144 g/mol. The number of aryl methyl sites for hydroxylation is 1. The van der Waals surface area contributed by atoms with Crippen molar-refractivity contribution >= 4 is 5.57 Å². The average molecular weight is 144 g/mol. The first kappa shape index (κ1) is 7.80. The van der Waals surface area contributed by atoms with Gasteiger partial charge in [0.05, 0.1) is 0 Å². The molecular weight excluding hydrogens is 132 g/mol. The van der Waals surface area contributed by atoms with Gasteiger partial charge in [-0.2, -0.15) is 0 Å². The van der Waals surface area contributed by atoms with E-state index in [2.05, 4.69) is 44.3 Å². The van der Waals surface area contributed by atoms with Crippen molar-refractivity contribution in [2.24, 2.45) is 0 Å². The van der Waals surface area contributed by atoms with Gasteiger partial charge in [0, 0.05) is 0 Å². The van der Waals surface area contributed by atoms with Crippen molar-refractivity contribution in [1.82, 2.24) is 0 Å². The Labute approximate surface area is 67.9 Å². The van der Waals surface area contributed by atoms with Crippen LogP contribution in [0.15, 0.2) is 43.5 Å². The van der Waals surface area contributed by atoms with Crippen LogP contribution in [0.5, 0.6) is 0 Å². The SMILES string of the molecule is C=CC(=C)c1ccc(C)cc1. The molecule has 0 aliphatic rings. The minimum atomic E-state index is 0.977. The van der Waals surface area contributed by atoms with Crippen LogP contribution in [0.25, 0.3) is 5.57 Å². The minimum absolute atomic E-state index is 0.977.